The molecule has 1 saturated carbocycles. The second-order valence-corrected chi connectivity index (χ2v) is 5.40. The van der Waals surface area contributed by atoms with E-state index in [-0.39, 0.29) is 0 Å². The Morgan fingerprint density at radius 1 is 1.40 bits per heavy atom. The molecular weight excluding hydrogens is 250 g/mol. The SMILES string of the molecule is Cc1n[nH]c(C)c1-c1cc(C2CCC2)nc(N)c1C#N. The smallest absolute Gasteiger partial charge is 0.142 e. The van der Waals surface area contributed by atoms with Crippen molar-refractivity contribution < 1.29 is 0 Å². The molecule has 0 aliphatic heterocycles. The Hall–Kier alpha value is -2.35. The zero-order valence-electron chi connectivity index (χ0n) is 11.7. The van der Waals surface area contributed by atoms with Crippen LogP contribution in [0.3, 0.4) is 0 Å². The predicted octanol–water partition coefficient (Wildman–Crippen LogP) is 2.81. The Labute approximate surface area is 117 Å². The molecule has 0 amide bonds. The molecule has 3 rings (SSSR count). The number of aryl methyl sites for hydroxylation is 2. The van der Waals surface area contributed by atoms with Crippen molar-refractivity contribution in [2.75, 3.05) is 5.73 Å². The summed E-state index contributed by atoms with van der Waals surface area (Å²) in [6.07, 6.45) is 3.55. The van der Waals surface area contributed by atoms with E-state index in [0.29, 0.717) is 17.3 Å². The molecule has 0 spiro atoms. The van der Waals surface area contributed by atoms with Crippen LogP contribution in [0.2, 0.25) is 0 Å². The molecule has 0 saturated heterocycles. The van der Waals surface area contributed by atoms with Crippen molar-refractivity contribution in [3.8, 4) is 17.2 Å². The van der Waals surface area contributed by atoms with E-state index >= 15 is 0 Å². The van der Waals surface area contributed by atoms with Gasteiger partial charge in [-0.1, -0.05) is 6.42 Å². The van der Waals surface area contributed by atoms with E-state index in [9.17, 15) is 5.26 Å². The van der Waals surface area contributed by atoms with E-state index in [1.165, 1.54) is 6.42 Å². The van der Waals surface area contributed by atoms with E-state index in [4.69, 9.17) is 5.73 Å². The van der Waals surface area contributed by atoms with Gasteiger partial charge in [0.25, 0.3) is 0 Å². The molecule has 0 bridgehead atoms. The van der Waals surface area contributed by atoms with E-state index in [1.807, 2.05) is 19.9 Å². The van der Waals surface area contributed by atoms with Crippen molar-refractivity contribution in [1.29, 1.82) is 5.26 Å². The van der Waals surface area contributed by atoms with E-state index in [0.717, 1.165) is 41.1 Å². The topological polar surface area (TPSA) is 91.4 Å². The van der Waals surface area contributed by atoms with Gasteiger partial charge < -0.3 is 5.73 Å². The van der Waals surface area contributed by atoms with Crippen LogP contribution in [-0.4, -0.2) is 15.2 Å². The number of nitriles is 1. The molecule has 0 radical (unpaired) electrons. The molecule has 0 atom stereocenters. The Kier molecular flexibility index (Phi) is 2.94. The van der Waals surface area contributed by atoms with Gasteiger partial charge in [0.1, 0.15) is 17.5 Å². The molecule has 0 aromatic carbocycles. The lowest BCUT2D eigenvalue weighted by atomic mass is 9.81. The molecule has 1 fully saturated rings. The quantitative estimate of drug-likeness (QED) is 0.875. The molecule has 3 N–H and O–H groups in total. The molecule has 2 aromatic rings. The first kappa shape index (κ1) is 12.7. The highest BCUT2D eigenvalue weighted by atomic mass is 15.1. The minimum absolute atomic E-state index is 0.326. The fourth-order valence-electron chi connectivity index (χ4n) is 2.76. The summed E-state index contributed by atoms with van der Waals surface area (Å²) >= 11 is 0. The van der Waals surface area contributed by atoms with Crippen LogP contribution in [0.15, 0.2) is 6.07 Å². The number of nitrogens with zero attached hydrogens (tertiary/aromatic N) is 3. The number of nitrogen functional groups attached to an aromatic ring is 1. The molecule has 5 heteroatoms. The van der Waals surface area contributed by atoms with Crippen molar-refractivity contribution in [1.82, 2.24) is 15.2 Å². The highest BCUT2D eigenvalue weighted by Crippen LogP contribution is 2.39. The van der Waals surface area contributed by atoms with Gasteiger partial charge in [0.05, 0.1) is 5.69 Å². The van der Waals surface area contributed by atoms with Crippen LogP contribution in [-0.2, 0) is 0 Å². The number of anilines is 1. The van der Waals surface area contributed by atoms with Crippen LogP contribution in [0.1, 0.15) is 47.8 Å². The number of nitrogens with one attached hydrogen (secondary N) is 1. The van der Waals surface area contributed by atoms with E-state index in [2.05, 4.69) is 21.3 Å². The number of hydrogen-bond donors (Lipinski definition) is 2. The number of nitrogens with two attached hydrogens (primary N) is 1. The van der Waals surface area contributed by atoms with Gasteiger partial charge in [-0.05, 0) is 32.8 Å². The zero-order chi connectivity index (χ0) is 14.3. The number of pyridine rings is 1. The molecule has 5 nitrogen and oxygen atoms in total. The number of rotatable bonds is 2. The van der Waals surface area contributed by atoms with Gasteiger partial charge in [-0.3, -0.25) is 5.10 Å². The number of aromatic nitrogens is 3. The van der Waals surface area contributed by atoms with Crippen LogP contribution in [0.5, 0.6) is 0 Å². The normalized spacial score (nSPS) is 14.8. The van der Waals surface area contributed by atoms with E-state index < -0.39 is 0 Å². The summed E-state index contributed by atoms with van der Waals surface area (Å²) in [4.78, 5) is 4.42. The van der Waals surface area contributed by atoms with Crippen molar-refractivity contribution in [3.63, 3.8) is 0 Å². The summed E-state index contributed by atoms with van der Waals surface area (Å²) in [5.74, 6) is 0.809. The predicted molar refractivity (Wildman–Crippen MR) is 77.0 cm³/mol. The highest BCUT2D eigenvalue weighted by molar-refractivity contribution is 5.78. The van der Waals surface area contributed by atoms with Crippen LogP contribution < -0.4 is 5.73 Å². The van der Waals surface area contributed by atoms with Gasteiger partial charge in [-0.25, -0.2) is 4.98 Å². The third-order valence-corrected chi connectivity index (χ3v) is 4.10. The highest BCUT2D eigenvalue weighted by Gasteiger charge is 2.24. The van der Waals surface area contributed by atoms with Gasteiger partial charge in [0.2, 0.25) is 0 Å². The molecule has 102 valence electrons. The number of aromatic amines is 1. The monoisotopic (exact) mass is 267 g/mol. The standard InChI is InChI=1S/C15H17N5/c1-8-14(9(2)20-19-8)11-6-13(10-4-3-5-10)18-15(17)12(11)7-16/h6,10H,3-5H2,1-2H3,(H2,17,18)(H,19,20). The van der Waals surface area contributed by atoms with Crippen molar-refractivity contribution in [3.05, 3.63) is 28.7 Å². The zero-order valence-corrected chi connectivity index (χ0v) is 11.7. The van der Waals surface area contributed by atoms with Gasteiger partial charge >= 0.3 is 0 Å². The molecule has 1 aliphatic rings. The summed E-state index contributed by atoms with van der Waals surface area (Å²) in [5.41, 5.74) is 11.1. The van der Waals surface area contributed by atoms with Gasteiger partial charge in [0.15, 0.2) is 0 Å². The minimum Gasteiger partial charge on any atom is -0.383 e. The average molecular weight is 267 g/mol. The summed E-state index contributed by atoms with van der Waals surface area (Å²) in [7, 11) is 0. The number of hydrogen-bond acceptors (Lipinski definition) is 4. The third kappa shape index (κ3) is 1.85. The van der Waals surface area contributed by atoms with Crippen LogP contribution in [0.25, 0.3) is 11.1 Å². The largest absolute Gasteiger partial charge is 0.383 e. The molecule has 2 heterocycles. The second-order valence-electron chi connectivity index (χ2n) is 5.40. The Morgan fingerprint density at radius 2 is 2.15 bits per heavy atom. The molecule has 0 unspecified atom stereocenters. The summed E-state index contributed by atoms with van der Waals surface area (Å²) < 4.78 is 0. The van der Waals surface area contributed by atoms with Gasteiger partial charge in [0, 0.05) is 28.4 Å². The van der Waals surface area contributed by atoms with Crippen molar-refractivity contribution >= 4 is 5.82 Å². The maximum Gasteiger partial charge on any atom is 0.142 e. The minimum atomic E-state index is 0.326. The average Bonchev–Trinajstić information content (AvgIpc) is 2.66. The Balaban J connectivity index is 2.22. The summed E-state index contributed by atoms with van der Waals surface area (Å²) in [6, 6.07) is 4.20. The molecular formula is C15H17N5. The fourth-order valence-corrected chi connectivity index (χ4v) is 2.76. The van der Waals surface area contributed by atoms with Gasteiger partial charge in [-0.2, -0.15) is 10.4 Å². The first-order chi connectivity index (χ1) is 9.61. The van der Waals surface area contributed by atoms with Crippen molar-refractivity contribution in [2.24, 2.45) is 0 Å². The molecule has 1 aliphatic carbocycles. The fraction of sp³-hybridized carbons (Fsp3) is 0.400. The Morgan fingerprint density at radius 3 is 2.65 bits per heavy atom. The van der Waals surface area contributed by atoms with E-state index in [1.54, 1.807) is 0 Å². The second kappa shape index (κ2) is 4.64. The lowest BCUT2D eigenvalue weighted by Crippen LogP contribution is -2.12. The maximum atomic E-state index is 9.38. The van der Waals surface area contributed by atoms with Crippen LogP contribution in [0.4, 0.5) is 5.82 Å². The molecule has 2 aromatic heterocycles. The van der Waals surface area contributed by atoms with Crippen LogP contribution >= 0.6 is 0 Å². The maximum absolute atomic E-state index is 9.38. The molecule has 20 heavy (non-hydrogen) atoms. The number of H-pyrrole nitrogens is 1. The first-order valence-electron chi connectivity index (χ1n) is 6.84. The van der Waals surface area contributed by atoms with Crippen LogP contribution in [0, 0.1) is 25.2 Å². The summed E-state index contributed by atoms with van der Waals surface area (Å²) in [6.45, 7) is 3.88. The lowest BCUT2D eigenvalue weighted by Gasteiger charge is -2.25. The first-order valence-corrected chi connectivity index (χ1v) is 6.84. The summed E-state index contributed by atoms with van der Waals surface area (Å²) in [5, 5.41) is 16.6. The third-order valence-electron chi connectivity index (χ3n) is 4.10. The van der Waals surface area contributed by atoms with Crippen molar-refractivity contribution in [2.45, 2.75) is 39.0 Å². The van der Waals surface area contributed by atoms with Gasteiger partial charge in [-0.15, -0.1) is 0 Å². The lowest BCUT2D eigenvalue weighted by molar-refractivity contribution is 0.411. The Bertz CT molecular complexity index is 684.